The first-order valence-electron chi connectivity index (χ1n) is 11.6. The van der Waals surface area contributed by atoms with E-state index in [9.17, 15) is 0 Å². The molecule has 4 heteroatoms. The van der Waals surface area contributed by atoms with Crippen LogP contribution in [0.4, 0.5) is 0 Å². The highest BCUT2D eigenvalue weighted by molar-refractivity contribution is 7.99. The minimum atomic E-state index is 0.575. The fourth-order valence-corrected chi connectivity index (χ4v) is 4.37. The van der Waals surface area contributed by atoms with Gasteiger partial charge in [-0.1, -0.05) is 50.2 Å². The zero-order chi connectivity index (χ0) is 22.6. The van der Waals surface area contributed by atoms with Gasteiger partial charge in [0.25, 0.3) is 0 Å². The van der Waals surface area contributed by atoms with Crippen LogP contribution in [0.1, 0.15) is 49.8 Å². The van der Waals surface area contributed by atoms with Gasteiger partial charge in [-0.05, 0) is 73.6 Å². The minimum absolute atomic E-state index is 0.575. The van der Waals surface area contributed by atoms with Crippen molar-refractivity contribution in [2.45, 2.75) is 58.0 Å². The Kier molecular flexibility index (Phi) is 9.96. The zero-order valence-corrected chi connectivity index (χ0v) is 20.4. The molecule has 1 aromatic heterocycles. The molecule has 0 aliphatic rings. The topological polar surface area (TPSA) is 31.4 Å². The SMILES string of the molecule is Cc1c(OCCCCSc2ccncc2)ccc(CCC(C)C)c1OCc1ccccc1. The molecule has 3 aromatic rings. The number of ether oxygens (including phenoxy) is 2. The summed E-state index contributed by atoms with van der Waals surface area (Å²) in [7, 11) is 0. The largest absolute Gasteiger partial charge is 0.493 e. The van der Waals surface area contributed by atoms with E-state index in [0.717, 1.165) is 55.1 Å². The van der Waals surface area contributed by atoms with Gasteiger partial charge in [-0.2, -0.15) is 0 Å². The van der Waals surface area contributed by atoms with E-state index in [-0.39, 0.29) is 0 Å². The lowest BCUT2D eigenvalue weighted by Crippen LogP contribution is -2.05. The average molecular weight is 450 g/mol. The Labute approximate surface area is 197 Å². The molecular formula is C28H35NO2S. The highest BCUT2D eigenvalue weighted by atomic mass is 32.2. The van der Waals surface area contributed by atoms with Crippen molar-refractivity contribution >= 4 is 11.8 Å². The van der Waals surface area contributed by atoms with Gasteiger partial charge in [0.05, 0.1) is 6.61 Å². The second-order valence-electron chi connectivity index (χ2n) is 8.47. The molecule has 0 saturated carbocycles. The molecule has 0 N–H and O–H groups in total. The van der Waals surface area contributed by atoms with Gasteiger partial charge in [-0.15, -0.1) is 11.8 Å². The predicted octanol–water partition coefficient (Wildman–Crippen LogP) is 7.51. The van der Waals surface area contributed by atoms with E-state index in [4.69, 9.17) is 9.47 Å². The monoisotopic (exact) mass is 449 g/mol. The average Bonchev–Trinajstić information content (AvgIpc) is 2.81. The van der Waals surface area contributed by atoms with Crippen molar-refractivity contribution in [1.82, 2.24) is 4.98 Å². The van der Waals surface area contributed by atoms with E-state index >= 15 is 0 Å². The van der Waals surface area contributed by atoms with E-state index in [1.54, 1.807) is 0 Å². The van der Waals surface area contributed by atoms with Gasteiger partial charge in [0.1, 0.15) is 18.1 Å². The number of rotatable bonds is 13. The molecular weight excluding hydrogens is 414 g/mol. The molecule has 170 valence electrons. The second-order valence-corrected chi connectivity index (χ2v) is 9.64. The number of nitrogens with zero attached hydrogens (tertiary/aromatic N) is 1. The maximum absolute atomic E-state index is 6.33. The molecule has 0 unspecified atom stereocenters. The lowest BCUT2D eigenvalue weighted by molar-refractivity contribution is 0.285. The van der Waals surface area contributed by atoms with Crippen molar-refractivity contribution in [3.05, 3.63) is 83.7 Å². The molecule has 32 heavy (non-hydrogen) atoms. The van der Waals surface area contributed by atoms with Crippen LogP contribution in [-0.2, 0) is 13.0 Å². The first-order chi connectivity index (χ1) is 15.6. The summed E-state index contributed by atoms with van der Waals surface area (Å²) in [4.78, 5) is 5.34. The van der Waals surface area contributed by atoms with E-state index in [1.807, 2.05) is 30.2 Å². The van der Waals surface area contributed by atoms with Gasteiger partial charge in [0, 0.05) is 22.9 Å². The van der Waals surface area contributed by atoms with Crippen LogP contribution in [0.2, 0.25) is 0 Å². The smallest absolute Gasteiger partial charge is 0.129 e. The summed E-state index contributed by atoms with van der Waals surface area (Å²) >= 11 is 1.87. The summed E-state index contributed by atoms with van der Waals surface area (Å²) in [6.45, 7) is 7.95. The molecule has 0 bridgehead atoms. The number of hydrogen-bond acceptors (Lipinski definition) is 4. The molecule has 2 aromatic carbocycles. The summed E-state index contributed by atoms with van der Waals surface area (Å²) in [5.74, 6) is 3.67. The Hall–Kier alpha value is -2.46. The van der Waals surface area contributed by atoms with Crippen molar-refractivity contribution in [2.75, 3.05) is 12.4 Å². The van der Waals surface area contributed by atoms with Crippen molar-refractivity contribution < 1.29 is 9.47 Å². The summed E-state index contributed by atoms with van der Waals surface area (Å²) < 4.78 is 12.5. The van der Waals surface area contributed by atoms with Crippen LogP contribution >= 0.6 is 11.8 Å². The molecule has 0 saturated heterocycles. The third-order valence-corrected chi connectivity index (χ3v) is 6.47. The number of benzene rings is 2. The highest BCUT2D eigenvalue weighted by Crippen LogP contribution is 2.34. The molecule has 3 rings (SSSR count). The summed E-state index contributed by atoms with van der Waals surface area (Å²) in [6.07, 6.45) is 8.02. The molecule has 3 nitrogen and oxygen atoms in total. The van der Waals surface area contributed by atoms with Crippen molar-refractivity contribution in [2.24, 2.45) is 5.92 Å². The molecule has 0 aliphatic carbocycles. The van der Waals surface area contributed by atoms with Gasteiger partial charge >= 0.3 is 0 Å². The van der Waals surface area contributed by atoms with Gasteiger partial charge in [-0.3, -0.25) is 4.98 Å². The van der Waals surface area contributed by atoms with Gasteiger partial charge in [0.15, 0.2) is 0 Å². The molecule has 0 atom stereocenters. The minimum Gasteiger partial charge on any atom is -0.493 e. The van der Waals surface area contributed by atoms with Gasteiger partial charge < -0.3 is 9.47 Å². The third-order valence-electron chi connectivity index (χ3n) is 5.37. The molecule has 0 fully saturated rings. The second kappa shape index (κ2) is 13.2. The lowest BCUT2D eigenvalue weighted by atomic mass is 9.99. The fourth-order valence-electron chi connectivity index (χ4n) is 3.47. The van der Waals surface area contributed by atoms with E-state index in [1.165, 1.54) is 16.0 Å². The Morgan fingerprint density at radius 1 is 0.906 bits per heavy atom. The van der Waals surface area contributed by atoms with E-state index in [0.29, 0.717) is 12.5 Å². The third kappa shape index (κ3) is 7.90. The number of pyridine rings is 1. The Bertz CT molecular complexity index is 929. The van der Waals surface area contributed by atoms with Crippen LogP contribution in [0.5, 0.6) is 11.5 Å². The number of hydrogen-bond donors (Lipinski definition) is 0. The van der Waals surface area contributed by atoms with Crippen LogP contribution in [0.25, 0.3) is 0 Å². The predicted molar refractivity (Wildman–Crippen MR) is 135 cm³/mol. The molecule has 0 aliphatic heterocycles. The van der Waals surface area contributed by atoms with Crippen molar-refractivity contribution in [1.29, 1.82) is 0 Å². The molecule has 0 radical (unpaired) electrons. The maximum Gasteiger partial charge on any atom is 0.129 e. The molecule has 1 heterocycles. The Morgan fingerprint density at radius 2 is 1.69 bits per heavy atom. The van der Waals surface area contributed by atoms with Crippen LogP contribution < -0.4 is 9.47 Å². The standard InChI is InChI=1S/C28H35NO2S/c1-22(2)11-12-25-13-14-27(23(3)28(25)31-21-24-9-5-4-6-10-24)30-19-7-8-20-32-26-15-17-29-18-16-26/h4-6,9-10,13-18,22H,7-8,11-12,19-21H2,1-3H3. The van der Waals surface area contributed by atoms with Crippen LogP contribution in [-0.4, -0.2) is 17.3 Å². The highest BCUT2D eigenvalue weighted by Gasteiger charge is 2.13. The van der Waals surface area contributed by atoms with Gasteiger partial charge in [-0.25, -0.2) is 0 Å². The van der Waals surface area contributed by atoms with Crippen LogP contribution in [0, 0.1) is 12.8 Å². The summed E-state index contributed by atoms with van der Waals surface area (Å²) in [6, 6.07) is 18.8. The number of aryl methyl sites for hydroxylation is 1. The number of thioether (sulfide) groups is 1. The zero-order valence-electron chi connectivity index (χ0n) is 19.5. The first-order valence-corrected chi connectivity index (χ1v) is 12.6. The maximum atomic E-state index is 6.33. The summed E-state index contributed by atoms with van der Waals surface area (Å²) in [5, 5.41) is 0. The Balaban J connectivity index is 1.56. The molecule has 0 spiro atoms. The number of aromatic nitrogens is 1. The molecule has 0 amide bonds. The quantitative estimate of drug-likeness (QED) is 0.200. The van der Waals surface area contributed by atoms with Crippen molar-refractivity contribution in [3.8, 4) is 11.5 Å². The summed E-state index contributed by atoms with van der Waals surface area (Å²) in [5.41, 5.74) is 3.56. The van der Waals surface area contributed by atoms with Crippen LogP contribution in [0.15, 0.2) is 71.9 Å². The van der Waals surface area contributed by atoms with E-state index < -0.39 is 0 Å². The van der Waals surface area contributed by atoms with Crippen LogP contribution in [0.3, 0.4) is 0 Å². The van der Waals surface area contributed by atoms with Gasteiger partial charge in [0.2, 0.25) is 0 Å². The van der Waals surface area contributed by atoms with E-state index in [2.05, 4.69) is 74.3 Å². The lowest BCUT2D eigenvalue weighted by Gasteiger charge is -2.18. The fraction of sp³-hybridized carbons (Fsp3) is 0.393. The van der Waals surface area contributed by atoms with Crippen molar-refractivity contribution in [3.63, 3.8) is 0 Å². The Morgan fingerprint density at radius 3 is 2.44 bits per heavy atom. The first kappa shape index (κ1) is 24.2. The number of unbranched alkanes of at least 4 members (excludes halogenated alkanes) is 1. The normalized spacial score (nSPS) is 11.0.